The largest absolute Gasteiger partial charge is 0.497 e. The molecule has 0 spiro atoms. The normalized spacial score (nSPS) is 12.2. The fraction of sp³-hybridized carbons (Fsp3) is 0.111. The second kappa shape index (κ2) is 9.35. The summed E-state index contributed by atoms with van der Waals surface area (Å²) in [6.45, 7) is 2.15. The summed E-state index contributed by atoms with van der Waals surface area (Å²) in [4.78, 5) is 10.8. The van der Waals surface area contributed by atoms with E-state index >= 15 is 0 Å². The van der Waals surface area contributed by atoms with Crippen LogP contribution in [-0.4, -0.2) is 28.4 Å². The van der Waals surface area contributed by atoms with Crippen molar-refractivity contribution in [3.8, 4) is 5.75 Å². The maximum atomic E-state index is 10.8. The predicted octanol–water partition coefficient (Wildman–Crippen LogP) is 6.04. The zero-order chi connectivity index (χ0) is 22.5. The van der Waals surface area contributed by atoms with Gasteiger partial charge in [-0.2, -0.15) is 5.10 Å². The maximum Gasteiger partial charge on any atom is 0.328 e. The van der Waals surface area contributed by atoms with Crippen LogP contribution in [0.1, 0.15) is 35.6 Å². The molecule has 5 nitrogen and oxygen atoms in total. The highest BCUT2D eigenvalue weighted by Gasteiger charge is 2.14. The number of carbonyl (C=O) groups is 1. The molecule has 2 N–H and O–H groups in total. The summed E-state index contributed by atoms with van der Waals surface area (Å²) in [6, 6.07) is 22.4. The third-order valence-corrected chi connectivity index (χ3v) is 5.44. The molecular formula is C27H24N2O3. The molecule has 3 aromatic carbocycles. The van der Waals surface area contributed by atoms with Crippen LogP contribution in [-0.2, 0) is 4.79 Å². The molecule has 4 aromatic rings. The van der Waals surface area contributed by atoms with E-state index in [0.29, 0.717) is 0 Å². The molecule has 4 rings (SSSR count). The average molecular weight is 425 g/mol. The summed E-state index contributed by atoms with van der Waals surface area (Å²) in [5, 5.41) is 17.1. The Balaban J connectivity index is 1.88. The first-order chi connectivity index (χ1) is 15.6. The molecule has 160 valence electrons. The van der Waals surface area contributed by atoms with E-state index in [1.165, 1.54) is 5.57 Å². The van der Waals surface area contributed by atoms with Gasteiger partial charge in [0.25, 0.3) is 0 Å². The minimum Gasteiger partial charge on any atom is -0.497 e. The topological polar surface area (TPSA) is 75.2 Å². The molecule has 0 fully saturated rings. The summed E-state index contributed by atoms with van der Waals surface area (Å²) < 4.78 is 5.33. The molecule has 0 aliphatic carbocycles. The Morgan fingerprint density at radius 3 is 2.34 bits per heavy atom. The Bertz CT molecular complexity index is 1300. The van der Waals surface area contributed by atoms with Gasteiger partial charge in [-0.05, 0) is 70.2 Å². The number of aromatic nitrogens is 2. The van der Waals surface area contributed by atoms with Crippen LogP contribution in [0.15, 0.2) is 79.0 Å². The molecule has 0 saturated heterocycles. The van der Waals surface area contributed by atoms with E-state index in [0.717, 1.165) is 57.0 Å². The monoisotopic (exact) mass is 424 g/mol. The predicted molar refractivity (Wildman–Crippen MR) is 128 cm³/mol. The van der Waals surface area contributed by atoms with Gasteiger partial charge in [0, 0.05) is 11.5 Å². The summed E-state index contributed by atoms with van der Waals surface area (Å²) in [5.41, 5.74) is 7.46. The van der Waals surface area contributed by atoms with E-state index in [-0.39, 0.29) is 0 Å². The van der Waals surface area contributed by atoms with E-state index in [1.54, 1.807) is 13.2 Å². The maximum absolute atomic E-state index is 10.8. The van der Waals surface area contributed by atoms with Crippen molar-refractivity contribution in [1.82, 2.24) is 10.2 Å². The summed E-state index contributed by atoms with van der Waals surface area (Å²) in [7, 11) is 1.66. The molecule has 0 bridgehead atoms. The molecule has 0 aliphatic rings. The summed E-state index contributed by atoms with van der Waals surface area (Å²) in [6.07, 6.45) is 5.41. The number of nitrogens with one attached hydrogen (secondary N) is 1. The number of hydrogen-bond acceptors (Lipinski definition) is 3. The zero-order valence-corrected chi connectivity index (χ0v) is 18.0. The summed E-state index contributed by atoms with van der Waals surface area (Å²) in [5.74, 6) is -0.143. The Morgan fingerprint density at radius 1 is 1.00 bits per heavy atom. The number of nitrogens with zero attached hydrogens (tertiary/aromatic N) is 1. The van der Waals surface area contributed by atoms with Gasteiger partial charge in [-0.25, -0.2) is 4.79 Å². The van der Waals surface area contributed by atoms with E-state index in [4.69, 9.17) is 9.84 Å². The van der Waals surface area contributed by atoms with Gasteiger partial charge < -0.3 is 9.84 Å². The fourth-order valence-electron chi connectivity index (χ4n) is 3.86. The van der Waals surface area contributed by atoms with Crippen LogP contribution < -0.4 is 4.74 Å². The van der Waals surface area contributed by atoms with Gasteiger partial charge in [-0.1, -0.05) is 49.4 Å². The molecular weight excluding hydrogens is 400 g/mol. The molecule has 0 radical (unpaired) electrons. The summed E-state index contributed by atoms with van der Waals surface area (Å²) >= 11 is 0. The number of benzene rings is 3. The molecule has 0 amide bonds. The minimum atomic E-state index is -0.962. The van der Waals surface area contributed by atoms with Gasteiger partial charge in [0.1, 0.15) is 5.75 Å². The second-order valence-electron chi connectivity index (χ2n) is 7.40. The number of methoxy groups -OCH3 is 1. The van der Waals surface area contributed by atoms with Gasteiger partial charge in [-0.3, -0.25) is 5.10 Å². The number of carboxylic acids is 1. The van der Waals surface area contributed by atoms with E-state index in [9.17, 15) is 4.79 Å². The van der Waals surface area contributed by atoms with Crippen LogP contribution in [0.5, 0.6) is 5.75 Å². The lowest BCUT2D eigenvalue weighted by atomic mass is 9.87. The smallest absolute Gasteiger partial charge is 0.328 e. The highest BCUT2D eigenvalue weighted by atomic mass is 16.5. The van der Waals surface area contributed by atoms with Crippen molar-refractivity contribution in [2.45, 2.75) is 13.3 Å². The third kappa shape index (κ3) is 4.47. The Kier molecular flexibility index (Phi) is 6.17. The molecule has 0 unspecified atom stereocenters. The zero-order valence-electron chi connectivity index (χ0n) is 18.0. The number of aliphatic carboxylic acids is 1. The first-order valence-corrected chi connectivity index (χ1v) is 10.4. The first kappa shape index (κ1) is 21.1. The minimum absolute atomic E-state index is 0.820. The number of carboxylic acid groups (broad SMARTS) is 1. The van der Waals surface area contributed by atoms with Crippen molar-refractivity contribution in [3.63, 3.8) is 0 Å². The van der Waals surface area contributed by atoms with Crippen LogP contribution in [0.25, 0.3) is 28.1 Å². The van der Waals surface area contributed by atoms with Crippen molar-refractivity contribution in [3.05, 3.63) is 101 Å². The van der Waals surface area contributed by atoms with Gasteiger partial charge in [-0.15, -0.1) is 0 Å². The number of H-pyrrole nitrogens is 1. The molecule has 0 atom stereocenters. The number of rotatable bonds is 7. The highest BCUT2D eigenvalue weighted by molar-refractivity contribution is 6.00. The van der Waals surface area contributed by atoms with E-state index < -0.39 is 5.97 Å². The van der Waals surface area contributed by atoms with Crippen LogP contribution in [0.3, 0.4) is 0 Å². The number of fused-ring (bicyclic) bond motifs is 1. The van der Waals surface area contributed by atoms with E-state index in [2.05, 4.69) is 41.4 Å². The quantitative estimate of drug-likeness (QED) is 0.280. The van der Waals surface area contributed by atoms with Crippen LogP contribution in [0.4, 0.5) is 0 Å². The Labute approximate surface area is 186 Å². The number of allylic oxidation sites excluding steroid dienone is 1. The average Bonchev–Trinajstić information content (AvgIpc) is 3.29. The first-order valence-electron chi connectivity index (χ1n) is 10.4. The van der Waals surface area contributed by atoms with Crippen molar-refractivity contribution in [2.24, 2.45) is 0 Å². The van der Waals surface area contributed by atoms with Crippen LogP contribution in [0, 0.1) is 0 Å². The lowest BCUT2D eigenvalue weighted by Gasteiger charge is -2.17. The molecule has 1 heterocycles. The fourth-order valence-corrected chi connectivity index (χ4v) is 3.86. The van der Waals surface area contributed by atoms with Crippen molar-refractivity contribution in [1.29, 1.82) is 0 Å². The Hall–Kier alpha value is -4.12. The number of hydrogen-bond donors (Lipinski definition) is 2. The van der Waals surface area contributed by atoms with Crippen molar-refractivity contribution >= 4 is 34.1 Å². The standard InChI is InChI=1S/C27H24N2O3/c1-3-24(19-9-12-23(32-2)13-10-19)27(21-11-14-25-22(16-21)17-28-29-25)20-7-4-18(5-8-20)6-15-26(30)31/h4-17H,3H2,1-2H3,(H,28,29)(H,30,31)/b15-6?,27-24-. The number of aromatic amines is 1. The van der Waals surface area contributed by atoms with Crippen molar-refractivity contribution in [2.75, 3.05) is 7.11 Å². The molecule has 5 heteroatoms. The molecule has 0 aliphatic heterocycles. The molecule has 32 heavy (non-hydrogen) atoms. The lowest BCUT2D eigenvalue weighted by molar-refractivity contribution is -0.131. The van der Waals surface area contributed by atoms with Crippen molar-refractivity contribution < 1.29 is 14.6 Å². The van der Waals surface area contributed by atoms with Crippen LogP contribution in [0.2, 0.25) is 0 Å². The second-order valence-corrected chi connectivity index (χ2v) is 7.40. The lowest BCUT2D eigenvalue weighted by Crippen LogP contribution is -1.96. The third-order valence-electron chi connectivity index (χ3n) is 5.44. The van der Waals surface area contributed by atoms with Crippen LogP contribution >= 0.6 is 0 Å². The van der Waals surface area contributed by atoms with Gasteiger partial charge in [0.2, 0.25) is 0 Å². The van der Waals surface area contributed by atoms with Gasteiger partial charge in [0.05, 0.1) is 18.8 Å². The Morgan fingerprint density at radius 2 is 1.69 bits per heavy atom. The van der Waals surface area contributed by atoms with Gasteiger partial charge >= 0.3 is 5.97 Å². The number of ether oxygens (including phenoxy) is 1. The SMILES string of the molecule is CC/C(=C(\c1ccc(C=CC(=O)O)cc1)c1ccc2[nH]ncc2c1)c1ccc(OC)cc1. The molecule has 1 aromatic heterocycles. The highest BCUT2D eigenvalue weighted by Crippen LogP contribution is 2.36. The van der Waals surface area contributed by atoms with E-state index in [1.807, 2.05) is 48.7 Å². The van der Waals surface area contributed by atoms with Gasteiger partial charge in [0.15, 0.2) is 0 Å². The molecule has 0 saturated carbocycles.